The number of ether oxygens (including phenoxy) is 1. The fourth-order valence-electron chi connectivity index (χ4n) is 3.11. The lowest BCUT2D eigenvalue weighted by Crippen LogP contribution is -2.32. The van der Waals surface area contributed by atoms with Crippen LogP contribution in [0.3, 0.4) is 0 Å². The number of ketones is 1. The zero-order chi connectivity index (χ0) is 21.5. The number of carbonyl (C=O) groups is 3. The minimum Gasteiger partial charge on any atom is -0.452 e. The van der Waals surface area contributed by atoms with E-state index in [-0.39, 0.29) is 5.78 Å². The second kappa shape index (κ2) is 9.65. The molecule has 1 N–H and O–H groups in total. The van der Waals surface area contributed by atoms with E-state index in [0.717, 1.165) is 11.1 Å². The Labute approximate surface area is 175 Å². The summed E-state index contributed by atoms with van der Waals surface area (Å²) in [6.07, 6.45) is -1.01. The minimum atomic E-state index is -1.01. The lowest BCUT2D eigenvalue weighted by atomic mass is 9.91. The molecular formula is C25H23NO4. The van der Waals surface area contributed by atoms with Crippen LogP contribution in [-0.2, 0) is 14.3 Å². The smallest absolute Gasteiger partial charge is 0.318 e. The Morgan fingerprint density at radius 2 is 1.37 bits per heavy atom. The molecule has 5 nitrogen and oxygen atoms in total. The molecule has 0 fully saturated rings. The normalized spacial score (nSPS) is 11.6. The van der Waals surface area contributed by atoms with E-state index in [0.29, 0.717) is 11.3 Å². The van der Waals surface area contributed by atoms with Crippen molar-refractivity contribution in [1.29, 1.82) is 0 Å². The third-order valence-corrected chi connectivity index (χ3v) is 4.70. The van der Waals surface area contributed by atoms with Crippen molar-refractivity contribution in [2.45, 2.75) is 25.9 Å². The van der Waals surface area contributed by atoms with Crippen molar-refractivity contribution in [3.05, 3.63) is 102 Å². The van der Waals surface area contributed by atoms with E-state index in [1.54, 1.807) is 24.3 Å². The highest BCUT2D eigenvalue weighted by Gasteiger charge is 2.27. The molecule has 0 aromatic heterocycles. The molecule has 0 aliphatic heterocycles. The van der Waals surface area contributed by atoms with Crippen LogP contribution in [0.1, 0.15) is 41.3 Å². The molecule has 0 aliphatic rings. The number of anilines is 1. The van der Waals surface area contributed by atoms with Gasteiger partial charge in [0.1, 0.15) is 5.92 Å². The summed E-state index contributed by atoms with van der Waals surface area (Å²) in [5, 5.41) is 2.69. The molecular weight excluding hydrogens is 378 g/mol. The van der Waals surface area contributed by atoms with Gasteiger partial charge in [-0.25, -0.2) is 0 Å². The summed E-state index contributed by atoms with van der Waals surface area (Å²) in [7, 11) is 0. The molecule has 0 spiro atoms. The van der Waals surface area contributed by atoms with Crippen LogP contribution >= 0.6 is 0 Å². The first kappa shape index (κ1) is 21.0. The van der Waals surface area contributed by atoms with Crippen molar-refractivity contribution in [3.63, 3.8) is 0 Å². The average Bonchev–Trinajstić information content (AvgIpc) is 2.75. The number of nitrogens with one attached hydrogen (secondary N) is 1. The number of carbonyl (C=O) groups excluding carboxylic acids is 3. The predicted octanol–water partition coefficient (Wildman–Crippen LogP) is 4.59. The second-order valence-electron chi connectivity index (χ2n) is 6.96. The summed E-state index contributed by atoms with van der Waals surface area (Å²) in [6, 6.07) is 25.2. The zero-order valence-electron chi connectivity index (χ0n) is 16.9. The number of Topliss-reactive ketones (excluding diaryl/α,β-unsaturated/α-hetero) is 1. The Hall–Kier alpha value is -3.73. The fourth-order valence-corrected chi connectivity index (χ4v) is 3.11. The topological polar surface area (TPSA) is 72.5 Å². The summed E-state index contributed by atoms with van der Waals surface area (Å²) in [4.78, 5) is 37.1. The third-order valence-electron chi connectivity index (χ3n) is 4.70. The molecule has 152 valence electrons. The van der Waals surface area contributed by atoms with Crippen molar-refractivity contribution in [2.75, 3.05) is 5.32 Å². The van der Waals surface area contributed by atoms with Gasteiger partial charge in [-0.2, -0.15) is 0 Å². The van der Waals surface area contributed by atoms with Gasteiger partial charge in [0.15, 0.2) is 11.9 Å². The maximum absolute atomic E-state index is 13.0. The molecule has 30 heavy (non-hydrogen) atoms. The van der Waals surface area contributed by atoms with Crippen LogP contribution in [0.4, 0.5) is 5.69 Å². The first-order valence-electron chi connectivity index (χ1n) is 9.68. The van der Waals surface area contributed by atoms with Crippen molar-refractivity contribution < 1.29 is 19.1 Å². The predicted molar refractivity (Wildman–Crippen MR) is 115 cm³/mol. The number of hydrogen-bond donors (Lipinski definition) is 1. The molecule has 3 rings (SSSR count). The molecule has 0 heterocycles. The number of rotatable bonds is 7. The molecule has 0 saturated carbocycles. The van der Waals surface area contributed by atoms with Gasteiger partial charge in [0.25, 0.3) is 5.91 Å². The Balaban J connectivity index is 1.74. The summed E-state index contributed by atoms with van der Waals surface area (Å²) in [5.74, 6) is -1.71. The van der Waals surface area contributed by atoms with E-state index >= 15 is 0 Å². The van der Waals surface area contributed by atoms with Crippen molar-refractivity contribution in [2.24, 2.45) is 0 Å². The summed E-state index contributed by atoms with van der Waals surface area (Å²) in [5.41, 5.74) is 2.54. The molecule has 0 unspecified atom stereocenters. The highest BCUT2D eigenvalue weighted by atomic mass is 16.5. The molecule has 0 bridgehead atoms. The zero-order valence-corrected chi connectivity index (χ0v) is 16.9. The molecule has 0 radical (unpaired) electrons. The highest BCUT2D eigenvalue weighted by Crippen LogP contribution is 2.26. The molecule has 1 amide bonds. The van der Waals surface area contributed by atoms with Crippen LogP contribution in [0.5, 0.6) is 0 Å². The summed E-state index contributed by atoms with van der Waals surface area (Å²) >= 11 is 0. The average molecular weight is 401 g/mol. The van der Waals surface area contributed by atoms with Crippen LogP contribution < -0.4 is 5.32 Å². The maximum Gasteiger partial charge on any atom is 0.318 e. The third kappa shape index (κ3) is 5.20. The Bertz CT molecular complexity index is 992. The monoisotopic (exact) mass is 401 g/mol. The van der Waals surface area contributed by atoms with Gasteiger partial charge in [-0.05, 0) is 37.1 Å². The van der Waals surface area contributed by atoms with E-state index in [4.69, 9.17) is 4.74 Å². The fraction of sp³-hybridized carbons (Fsp3) is 0.160. The van der Waals surface area contributed by atoms with Gasteiger partial charge >= 0.3 is 5.97 Å². The van der Waals surface area contributed by atoms with Gasteiger partial charge in [0.05, 0.1) is 0 Å². The van der Waals surface area contributed by atoms with E-state index in [1.165, 1.54) is 13.8 Å². The summed E-state index contributed by atoms with van der Waals surface area (Å²) < 4.78 is 5.52. The number of esters is 1. The summed E-state index contributed by atoms with van der Waals surface area (Å²) in [6.45, 7) is 2.98. The molecule has 0 aliphatic carbocycles. The largest absolute Gasteiger partial charge is 0.452 e. The van der Waals surface area contributed by atoms with Crippen LogP contribution in [0.2, 0.25) is 0 Å². The van der Waals surface area contributed by atoms with Gasteiger partial charge < -0.3 is 10.1 Å². The van der Waals surface area contributed by atoms with E-state index in [9.17, 15) is 14.4 Å². The van der Waals surface area contributed by atoms with Crippen molar-refractivity contribution in [3.8, 4) is 0 Å². The number of amides is 1. The van der Waals surface area contributed by atoms with Gasteiger partial charge in [-0.1, -0.05) is 72.8 Å². The molecule has 0 saturated heterocycles. The van der Waals surface area contributed by atoms with E-state index in [1.807, 2.05) is 60.7 Å². The van der Waals surface area contributed by atoms with Gasteiger partial charge in [0.2, 0.25) is 0 Å². The molecule has 3 aromatic rings. The molecule has 5 heteroatoms. The Kier molecular flexibility index (Phi) is 6.75. The lowest BCUT2D eigenvalue weighted by molar-refractivity contribution is -0.153. The Morgan fingerprint density at radius 3 is 1.90 bits per heavy atom. The quantitative estimate of drug-likeness (QED) is 0.464. The van der Waals surface area contributed by atoms with Crippen LogP contribution in [0.25, 0.3) is 0 Å². The molecule has 3 aromatic carbocycles. The van der Waals surface area contributed by atoms with Crippen LogP contribution in [-0.4, -0.2) is 23.8 Å². The van der Waals surface area contributed by atoms with Crippen LogP contribution in [0, 0.1) is 0 Å². The van der Waals surface area contributed by atoms with Crippen LogP contribution in [0.15, 0.2) is 84.9 Å². The minimum absolute atomic E-state index is 0.0980. The van der Waals surface area contributed by atoms with E-state index < -0.39 is 23.9 Å². The lowest BCUT2D eigenvalue weighted by Gasteiger charge is -2.20. The van der Waals surface area contributed by atoms with E-state index in [2.05, 4.69) is 5.32 Å². The standard InChI is InChI=1S/C25H23NO4/c1-17(27)21-14-9-15-22(16-21)26-24(28)18(2)30-25(29)23(19-10-5-3-6-11-19)20-12-7-4-8-13-20/h3-16,18,23H,1-2H3,(H,26,28)/t18-/m0/s1. The van der Waals surface area contributed by atoms with Gasteiger partial charge in [-0.3, -0.25) is 14.4 Å². The number of hydrogen-bond acceptors (Lipinski definition) is 4. The number of benzene rings is 3. The SMILES string of the molecule is CC(=O)c1cccc(NC(=O)[C@H](C)OC(=O)C(c2ccccc2)c2ccccc2)c1. The Morgan fingerprint density at radius 1 is 0.800 bits per heavy atom. The van der Waals surface area contributed by atoms with Crippen molar-refractivity contribution in [1.82, 2.24) is 0 Å². The second-order valence-corrected chi connectivity index (χ2v) is 6.96. The van der Waals surface area contributed by atoms with Crippen molar-refractivity contribution >= 4 is 23.3 Å². The maximum atomic E-state index is 13.0. The highest BCUT2D eigenvalue weighted by molar-refractivity contribution is 5.98. The first-order chi connectivity index (χ1) is 14.5. The van der Waals surface area contributed by atoms with Gasteiger partial charge in [-0.15, -0.1) is 0 Å². The molecule has 1 atom stereocenters. The van der Waals surface area contributed by atoms with Gasteiger partial charge in [0, 0.05) is 11.3 Å². The first-order valence-corrected chi connectivity index (χ1v) is 9.68.